The molecular weight excluding hydrogens is 216 g/mol. The first kappa shape index (κ1) is 12.3. The number of amides is 2. The molecule has 0 aromatic rings. The summed E-state index contributed by atoms with van der Waals surface area (Å²) in [5, 5.41) is 4.88. The van der Waals surface area contributed by atoms with E-state index < -0.39 is 10.9 Å². The van der Waals surface area contributed by atoms with Gasteiger partial charge in [0, 0.05) is 6.04 Å². The Kier molecular flexibility index (Phi) is 3.60. The Balaban J connectivity index is 2.53. The van der Waals surface area contributed by atoms with Gasteiger partial charge in [0.2, 0.25) is 11.8 Å². The van der Waals surface area contributed by atoms with Crippen molar-refractivity contribution < 1.29 is 9.59 Å². The highest BCUT2D eigenvalue weighted by Crippen LogP contribution is 2.35. The monoisotopic (exact) mass is 232 g/mol. The van der Waals surface area contributed by atoms with E-state index in [2.05, 4.69) is 10.6 Å². The van der Waals surface area contributed by atoms with Gasteiger partial charge in [-0.05, 0) is 33.6 Å². The third-order valence-corrected chi connectivity index (χ3v) is 2.53. The number of carbonyl (C=O) groups is 2. The number of nitrogens with one attached hydrogen (secondary N) is 2. The van der Waals surface area contributed by atoms with Gasteiger partial charge in [-0.2, -0.15) is 0 Å². The molecule has 0 saturated heterocycles. The van der Waals surface area contributed by atoms with Crippen LogP contribution in [-0.2, 0) is 9.59 Å². The van der Waals surface area contributed by atoms with Crippen molar-refractivity contribution >= 4 is 23.4 Å². The van der Waals surface area contributed by atoms with Crippen LogP contribution in [0.15, 0.2) is 0 Å². The molecule has 1 unspecified atom stereocenters. The maximum Gasteiger partial charge on any atom is 0.245 e. The predicted octanol–water partition coefficient (Wildman–Crippen LogP) is 0.787. The maximum absolute atomic E-state index is 11.7. The molecular formula is C10H17ClN2O2. The van der Waals surface area contributed by atoms with Crippen molar-refractivity contribution in [1.29, 1.82) is 0 Å². The highest BCUT2D eigenvalue weighted by atomic mass is 35.5. The van der Waals surface area contributed by atoms with Gasteiger partial charge in [-0.3, -0.25) is 9.59 Å². The van der Waals surface area contributed by atoms with E-state index in [1.807, 2.05) is 13.8 Å². The van der Waals surface area contributed by atoms with Gasteiger partial charge >= 0.3 is 0 Å². The minimum absolute atomic E-state index is 0.0836. The third kappa shape index (κ3) is 3.09. The number of halogens is 1. The molecule has 1 saturated carbocycles. The highest BCUT2D eigenvalue weighted by Gasteiger charge is 2.51. The zero-order chi connectivity index (χ0) is 11.6. The van der Waals surface area contributed by atoms with Crippen LogP contribution in [0.1, 0.15) is 33.6 Å². The predicted molar refractivity (Wildman–Crippen MR) is 58.7 cm³/mol. The third-order valence-electron chi connectivity index (χ3n) is 2.33. The molecule has 2 N–H and O–H groups in total. The lowest BCUT2D eigenvalue weighted by Crippen LogP contribution is -2.52. The second kappa shape index (κ2) is 4.39. The van der Waals surface area contributed by atoms with Gasteiger partial charge in [-0.15, -0.1) is 11.6 Å². The largest absolute Gasteiger partial charge is 0.352 e. The van der Waals surface area contributed by atoms with Gasteiger partial charge < -0.3 is 10.6 Å². The number of carbonyl (C=O) groups excluding carboxylic acids is 2. The fraction of sp³-hybridized carbons (Fsp3) is 0.800. The van der Waals surface area contributed by atoms with Crippen LogP contribution in [0.3, 0.4) is 0 Å². The average molecular weight is 233 g/mol. The van der Waals surface area contributed by atoms with E-state index in [-0.39, 0.29) is 17.9 Å². The molecule has 0 spiro atoms. The van der Waals surface area contributed by atoms with Crippen molar-refractivity contribution in [2.45, 2.75) is 50.6 Å². The Labute approximate surface area is 94.7 Å². The van der Waals surface area contributed by atoms with Gasteiger partial charge in [0.25, 0.3) is 0 Å². The Hall–Kier alpha value is -0.770. The second-order valence-corrected chi connectivity index (χ2v) is 4.97. The molecule has 0 aromatic heterocycles. The molecule has 2 amide bonds. The number of hydrogen-bond donors (Lipinski definition) is 2. The molecule has 1 rings (SSSR count). The zero-order valence-corrected chi connectivity index (χ0v) is 10.0. The standard InChI is InChI=1S/C10H17ClN2O2/c1-6(2)12-9(15)10(4-5-10)13-8(14)7(3)11/h6-7H,4-5H2,1-3H3,(H,12,15)(H,13,14). The summed E-state index contributed by atoms with van der Waals surface area (Å²) in [4.78, 5) is 23.1. The summed E-state index contributed by atoms with van der Waals surface area (Å²) in [6.07, 6.45) is 1.39. The summed E-state index contributed by atoms with van der Waals surface area (Å²) in [5.74, 6) is -0.392. The summed E-state index contributed by atoms with van der Waals surface area (Å²) < 4.78 is 0. The summed E-state index contributed by atoms with van der Waals surface area (Å²) in [5.41, 5.74) is -0.690. The quantitative estimate of drug-likeness (QED) is 0.704. The van der Waals surface area contributed by atoms with Crippen LogP contribution in [-0.4, -0.2) is 28.8 Å². The number of alkyl halides is 1. The van der Waals surface area contributed by atoms with Gasteiger partial charge in [0.15, 0.2) is 0 Å². The maximum atomic E-state index is 11.7. The first-order chi connectivity index (χ1) is 6.87. The van der Waals surface area contributed by atoms with E-state index in [4.69, 9.17) is 11.6 Å². The first-order valence-corrected chi connectivity index (χ1v) is 5.58. The molecule has 86 valence electrons. The molecule has 1 fully saturated rings. The Morgan fingerprint density at radius 3 is 2.13 bits per heavy atom. The number of rotatable bonds is 4. The van der Waals surface area contributed by atoms with E-state index in [1.54, 1.807) is 6.92 Å². The molecule has 0 heterocycles. The fourth-order valence-electron chi connectivity index (χ4n) is 1.27. The Morgan fingerprint density at radius 2 is 1.80 bits per heavy atom. The summed E-state index contributed by atoms with van der Waals surface area (Å²) in [7, 11) is 0. The van der Waals surface area contributed by atoms with Crippen molar-refractivity contribution in [2.24, 2.45) is 0 Å². The molecule has 1 atom stereocenters. The van der Waals surface area contributed by atoms with Crippen molar-refractivity contribution in [2.75, 3.05) is 0 Å². The van der Waals surface area contributed by atoms with E-state index in [0.717, 1.165) is 0 Å². The topological polar surface area (TPSA) is 58.2 Å². The summed E-state index contributed by atoms with van der Waals surface area (Å²) >= 11 is 5.63. The normalized spacial score (nSPS) is 19.5. The molecule has 15 heavy (non-hydrogen) atoms. The minimum atomic E-state index is -0.690. The van der Waals surface area contributed by atoms with Gasteiger partial charge in [0.1, 0.15) is 10.9 Å². The van der Waals surface area contributed by atoms with Gasteiger partial charge in [0.05, 0.1) is 0 Å². The smallest absolute Gasteiger partial charge is 0.245 e. The van der Waals surface area contributed by atoms with Crippen LogP contribution in [0.5, 0.6) is 0 Å². The molecule has 0 aliphatic heterocycles. The lowest BCUT2D eigenvalue weighted by atomic mass is 10.2. The van der Waals surface area contributed by atoms with Gasteiger partial charge in [-0.1, -0.05) is 0 Å². The van der Waals surface area contributed by atoms with Crippen molar-refractivity contribution in [3.8, 4) is 0 Å². The first-order valence-electron chi connectivity index (χ1n) is 5.14. The van der Waals surface area contributed by atoms with E-state index >= 15 is 0 Å². The summed E-state index contributed by atoms with van der Waals surface area (Å²) in [6, 6.07) is 0.0836. The molecule has 0 aromatic carbocycles. The van der Waals surface area contributed by atoms with Crippen LogP contribution in [0.25, 0.3) is 0 Å². The molecule has 0 bridgehead atoms. The van der Waals surface area contributed by atoms with Crippen molar-refractivity contribution in [3.63, 3.8) is 0 Å². The van der Waals surface area contributed by atoms with E-state index in [1.165, 1.54) is 0 Å². The van der Waals surface area contributed by atoms with Crippen LogP contribution in [0.2, 0.25) is 0 Å². The number of hydrogen-bond acceptors (Lipinski definition) is 2. The van der Waals surface area contributed by atoms with Crippen LogP contribution in [0, 0.1) is 0 Å². The van der Waals surface area contributed by atoms with Gasteiger partial charge in [-0.25, -0.2) is 0 Å². The lowest BCUT2D eigenvalue weighted by molar-refractivity contribution is -0.130. The molecule has 0 radical (unpaired) electrons. The average Bonchev–Trinajstić information content (AvgIpc) is 2.84. The van der Waals surface area contributed by atoms with Crippen LogP contribution >= 0.6 is 11.6 Å². The van der Waals surface area contributed by atoms with Crippen LogP contribution in [0.4, 0.5) is 0 Å². The zero-order valence-electron chi connectivity index (χ0n) is 9.26. The molecule has 4 nitrogen and oxygen atoms in total. The van der Waals surface area contributed by atoms with E-state index in [9.17, 15) is 9.59 Å². The van der Waals surface area contributed by atoms with Crippen LogP contribution < -0.4 is 10.6 Å². The molecule has 5 heteroatoms. The highest BCUT2D eigenvalue weighted by molar-refractivity contribution is 6.30. The molecule has 1 aliphatic carbocycles. The Morgan fingerprint density at radius 1 is 1.27 bits per heavy atom. The molecule has 1 aliphatic rings. The van der Waals surface area contributed by atoms with E-state index in [0.29, 0.717) is 12.8 Å². The minimum Gasteiger partial charge on any atom is -0.352 e. The van der Waals surface area contributed by atoms with Crippen molar-refractivity contribution in [1.82, 2.24) is 10.6 Å². The van der Waals surface area contributed by atoms with Crippen molar-refractivity contribution in [3.05, 3.63) is 0 Å². The fourth-order valence-corrected chi connectivity index (χ4v) is 1.32. The SMILES string of the molecule is CC(C)NC(=O)C1(NC(=O)C(C)Cl)CC1. The summed E-state index contributed by atoms with van der Waals surface area (Å²) in [6.45, 7) is 5.37. The lowest BCUT2D eigenvalue weighted by Gasteiger charge is -2.19. The Bertz CT molecular complexity index is 273. The second-order valence-electron chi connectivity index (χ2n) is 4.32.